The second-order valence-electron chi connectivity index (χ2n) is 5.52. The van der Waals surface area contributed by atoms with E-state index in [9.17, 15) is 4.79 Å². The molecule has 0 spiro atoms. The highest BCUT2D eigenvalue weighted by Gasteiger charge is 2.20. The van der Waals surface area contributed by atoms with Crippen molar-refractivity contribution in [2.75, 3.05) is 38.0 Å². The van der Waals surface area contributed by atoms with Crippen molar-refractivity contribution in [3.8, 4) is 11.5 Å². The maximum atomic E-state index is 11.7. The van der Waals surface area contributed by atoms with Gasteiger partial charge >= 0.3 is 5.97 Å². The predicted molar refractivity (Wildman–Crippen MR) is 91.7 cm³/mol. The molecule has 0 aromatic heterocycles. The van der Waals surface area contributed by atoms with E-state index in [1.807, 2.05) is 24.3 Å². The molecule has 3 rings (SSSR count). The van der Waals surface area contributed by atoms with Crippen molar-refractivity contribution >= 4 is 17.3 Å². The van der Waals surface area contributed by atoms with Gasteiger partial charge in [0.1, 0.15) is 18.1 Å². The molecule has 0 amide bonds. The van der Waals surface area contributed by atoms with Crippen molar-refractivity contribution in [1.82, 2.24) is 0 Å². The van der Waals surface area contributed by atoms with Crippen molar-refractivity contribution in [1.29, 1.82) is 0 Å². The van der Waals surface area contributed by atoms with E-state index in [0.717, 1.165) is 23.5 Å². The molecule has 0 fully saturated rings. The summed E-state index contributed by atoms with van der Waals surface area (Å²) in [4.78, 5) is 13.9. The Labute approximate surface area is 140 Å². The van der Waals surface area contributed by atoms with Crippen LogP contribution in [-0.2, 0) is 11.3 Å². The molecule has 6 heteroatoms. The highest BCUT2D eigenvalue weighted by molar-refractivity contribution is 5.90. The topological polar surface area (TPSA) is 74.0 Å². The van der Waals surface area contributed by atoms with Gasteiger partial charge in [-0.2, -0.15) is 0 Å². The van der Waals surface area contributed by atoms with Crippen molar-refractivity contribution < 1.29 is 19.0 Å². The summed E-state index contributed by atoms with van der Waals surface area (Å²) in [5.74, 6) is 1.08. The number of nitrogen functional groups attached to an aromatic ring is 1. The van der Waals surface area contributed by atoms with Crippen LogP contribution in [0.3, 0.4) is 0 Å². The fourth-order valence-electron chi connectivity index (χ4n) is 2.78. The van der Waals surface area contributed by atoms with E-state index in [0.29, 0.717) is 30.2 Å². The Morgan fingerprint density at radius 1 is 1.25 bits per heavy atom. The number of benzene rings is 2. The molecule has 0 bridgehead atoms. The summed E-state index contributed by atoms with van der Waals surface area (Å²) in [6, 6.07) is 10.9. The average molecular weight is 328 g/mol. The van der Waals surface area contributed by atoms with Gasteiger partial charge < -0.3 is 24.8 Å². The van der Waals surface area contributed by atoms with E-state index in [2.05, 4.69) is 4.90 Å². The molecule has 0 saturated heterocycles. The van der Waals surface area contributed by atoms with Gasteiger partial charge in [-0.15, -0.1) is 0 Å². The number of esters is 1. The Kier molecular flexibility index (Phi) is 4.46. The molecule has 1 heterocycles. The number of fused-ring (bicyclic) bond motifs is 1. The quantitative estimate of drug-likeness (QED) is 0.686. The number of methoxy groups -OCH3 is 2. The molecule has 0 saturated carbocycles. The number of rotatable bonds is 4. The Hall–Kier alpha value is -2.89. The van der Waals surface area contributed by atoms with Crippen LogP contribution < -0.4 is 20.1 Å². The first-order chi connectivity index (χ1) is 11.6. The van der Waals surface area contributed by atoms with E-state index in [1.54, 1.807) is 19.2 Å². The first kappa shape index (κ1) is 16.0. The number of hydrogen-bond acceptors (Lipinski definition) is 6. The van der Waals surface area contributed by atoms with Crippen LogP contribution in [0.25, 0.3) is 0 Å². The summed E-state index contributed by atoms with van der Waals surface area (Å²) in [5, 5.41) is 0. The highest BCUT2D eigenvalue weighted by Crippen LogP contribution is 2.35. The van der Waals surface area contributed by atoms with Crippen LogP contribution in [0, 0.1) is 0 Å². The lowest BCUT2D eigenvalue weighted by Gasteiger charge is -2.32. The van der Waals surface area contributed by atoms with Gasteiger partial charge in [-0.1, -0.05) is 6.07 Å². The first-order valence-electron chi connectivity index (χ1n) is 7.65. The summed E-state index contributed by atoms with van der Waals surface area (Å²) in [5.41, 5.74) is 8.99. The number of anilines is 2. The van der Waals surface area contributed by atoms with Crippen LogP contribution in [0.2, 0.25) is 0 Å². The monoisotopic (exact) mass is 328 g/mol. The summed E-state index contributed by atoms with van der Waals surface area (Å²) in [6.45, 7) is 1.99. The average Bonchev–Trinajstić information content (AvgIpc) is 2.61. The van der Waals surface area contributed by atoms with E-state index in [1.165, 1.54) is 7.11 Å². The van der Waals surface area contributed by atoms with Crippen molar-refractivity contribution in [3.05, 3.63) is 47.5 Å². The number of carbonyl (C=O) groups is 1. The van der Waals surface area contributed by atoms with Crippen molar-refractivity contribution in [2.45, 2.75) is 6.54 Å². The summed E-state index contributed by atoms with van der Waals surface area (Å²) >= 11 is 0. The smallest absolute Gasteiger partial charge is 0.337 e. The molecule has 0 radical (unpaired) electrons. The number of hydrogen-bond donors (Lipinski definition) is 1. The Bertz CT molecular complexity index is 761. The van der Waals surface area contributed by atoms with Gasteiger partial charge in [-0.25, -0.2) is 4.79 Å². The molecule has 0 aliphatic carbocycles. The second kappa shape index (κ2) is 6.70. The maximum absolute atomic E-state index is 11.7. The van der Waals surface area contributed by atoms with Crippen LogP contribution >= 0.6 is 0 Å². The predicted octanol–water partition coefficient (Wildman–Crippen LogP) is 2.46. The normalized spacial score (nSPS) is 13.0. The number of nitrogens with two attached hydrogens (primary N) is 1. The second-order valence-corrected chi connectivity index (χ2v) is 5.52. The summed E-state index contributed by atoms with van der Waals surface area (Å²) in [7, 11) is 2.95. The minimum Gasteiger partial charge on any atom is -0.496 e. The zero-order chi connectivity index (χ0) is 17.1. The zero-order valence-electron chi connectivity index (χ0n) is 13.7. The molecule has 2 N–H and O–H groups in total. The van der Waals surface area contributed by atoms with E-state index in [-0.39, 0.29) is 5.97 Å². The first-order valence-corrected chi connectivity index (χ1v) is 7.65. The lowest BCUT2D eigenvalue weighted by Crippen LogP contribution is -2.32. The number of ether oxygens (including phenoxy) is 3. The third-order valence-electron chi connectivity index (χ3n) is 4.01. The highest BCUT2D eigenvalue weighted by atomic mass is 16.5. The van der Waals surface area contributed by atoms with E-state index in [4.69, 9.17) is 19.9 Å². The van der Waals surface area contributed by atoms with Gasteiger partial charge in [0.15, 0.2) is 0 Å². The van der Waals surface area contributed by atoms with Crippen molar-refractivity contribution in [3.63, 3.8) is 0 Å². The maximum Gasteiger partial charge on any atom is 0.337 e. The van der Waals surface area contributed by atoms with Gasteiger partial charge in [0, 0.05) is 17.8 Å². The third kappa shape index (κ3) is 3.08. The Balaban J connectivity index is 1.89. The Morgan fingerprint density at radius 3 is 2.83 bits per heavy atom. The summed E-state index contributed by atoms with van der Waals surface area (Å²) in [6.07, 6.45) is 0. The molecule has 6 nitrogen and oxygen atoms in total. The van der Waals surface area contributed by atoms with Gasteiger partial charge in [0.25, 0.3) is 0 Å². The van der Waals surface area contributed by atoms with Crippen molar-refractivity contribution in [2.24, 2.45) is 0 Å². The van der Waals surface area contributed by atoms with Gasteiger partial charge in [0.05, 0.1) is 32.0 Å². The standard InChI is InChI=1S/C18H20N2O4/c1-22-17-9-12(18(21)23-2)3-4-13(17)11-20-7-8-24-16-6-5-14(19)10-15(16)20/h3-6,9-10H,7-8,11,19H2,1-2H3. The molecule has 1 aliphatic heterocycles. The van der Waals surface area contributed by atoms with Gasteiger partial charge in [-0.05, 0) is 30.3 Å². The van der Waals surface area contributed by atoms with Gasteiger partial charge in [-0.3, -0.25) is 0 Å². The lowest BCUT2D eigenvalue weighted by molar-refractivity contribution is 0.0600. The van der Waals surface area contributed by atoms with Crippen LogP contribution in [0.4, 0.5) is 11.4 Å². The van der Waals surface area contributed by atoms with Crippen LogP contribution in [0.15, 0.2) is 36.4 Å². The molecule has 1 aliphatic rings. The fraction of sp³-hybridized carbons (Fsp3) is 0.278. The molecule has 126 valence electrons. The molecule has 24 heavy (non-hydrogen) atoms. The summed E-state index contributed by atoms with van der Waals surface area (Å²) < 4.78 is 15.9. The molecule has 2 aromatic carbocycles. The minimum atomic E-state index is -0.385. The molecule has 2 aromatic rings. The van der Waals surface area contributed by atoms with Crippen LogP contribution in [-0.4, -0.2) is 33.3 Å². The van der Waals surface area contributed by atoms with Crippen LogP contribution in [0.1, 0.15) is 15.9 Å². The molecular formula is C18H20N2O4. The zero-order valence-corrected chi connectivity index (χ0v) is 13.7. The lowest BCUT2D eigenvalue weighted by atomic mass is 10.1. The van der Waals surface area contributed by atoms with Crippen LogP contribution in [0.5, 0.6) is 11.5 Å². The number of carbonyl (C=O) groups excluding carboxylic acids is 1. The Morgan fingerprint density at radius 2 is 2.08 bits per heavy atom. The number of nitrogens with zero attached hydrogens (tertiary/aromatic N) is 1. The minimum absolute atomic E-state index is 0.385. The largest absolute Gasteiger partial charge is 0.496 e. The molecular weight excluding hydrogens is 308 g/mol. The SMILES string of the molecule is COC(=O)c1ccc(CN2CCOc3ccc(N)cc32)c(OC)c1. The van der Waals surface area contributed by atoms with E-state index < -0.39 is 0 Å². The van der Waals surface area contributed by atoms with E-state index >= 15 is 0 Å². The molecule has 0 atom stereocenters. The van der Waals surface area contributed by atoms with Gasteiger partial charge in [0.2, 0.25) is 0 Å². The molecule has 0 unspecified atom stereocenters. The third-order valence-corrected chi connectivity index (χ3v) is 4.01. The fourth-order valence-corrected chi connectivity index (χ4v) is 2.78.